The van der Waals surface area contributed by atoms with Crippen molar-refractivity contribution in [3.8, 4) is 11.8 Å². The van der Waals surface area contributed by atoms with Gasteiger partial charge in [0.05, 0.1) is 19.6 Å². The molecule has 0 unspecified atom stereocenters. The number of methoxy groups -OCH3 is 1. The quantitative estimate of drug-likeness (QED) is 0.702. The van der Waals surface area contributed by atoms with E-state index in [0.717, 1.165) is 12.1 Å². The normalized spacial score (nSPS) is 9.38. The molecule has 0 spiro atoms. The summed E-state index contributed by atoms with van der Waals surface area (Å²) in [5.41, 5.74) is 0.351. The number of hydrogen-bond donors (Lipinski definition) is 0. The Bertz CT molecular complexity index is 357. The highest BCUT2D eigenvalue weighted by atomic mass is 19.2. The first kappa shape index (κ1) is 9.46. The fourth-order valence-corrected chi connectivity index (χ4v) is 0.983. The standard InChI is InChI=1S/C9H7F2NO/c1-13-9-5-8(11)7(10)4-6(9)2-3-12/h4-5H,2H2,1H3. The molecule has 0 bridgehead atoms. The molecule has 1 aromatic carbocycles. The zero-order valence-electron chi connectivity index (χ0n) is 6.97. The second-order valence-electron chi connectivity index (χ2n) is 2.41. The van der Waals surface area contributed by atoms with Gasteiger partial charge >= 0.3 is 0 Å². The third-order valence-corrected chi connectivity index (χ3v) is 1.59. The smallest absolute Gasteiger partial charge is 0.162 e. The molecule has 0 radical (unpaired) electrons. The summed E-state index contributed by atoms with van der Waals surface area (Å²) in [6, 6.07) is 3.74. The van der Waals surface area contributed by atoms with E-state index >= 15 is 0 Å². The first-order valence-corrected chi connectivity index (χ1v) is 3.58. The van der Waals surface area contributed by atoms with Gasteiger partial charge in [-0.05, 0) is 6.07 Å². The lowest BCUT2D eigenvalue weighted by Gasteiger charge is -2.05. The van der Waals surface area contributed by atoms with Gasteiger partial charge in [0.25, 0.3) is 0 Å². The molecule has 0 atom stereocenters. The van der Waals surface area contributed by atoms with Crippen LogP contribution >= 0.6 is 0 Å². The van der Waals surface area contributed by atoms with E-state index in [4.69, 9.17) is 10.00 Å². The summed E-state index contributed by atoms with van der Waals surface area (Å²) in [6.45, 7) is 0. The number of nitrogens with zero attached hydrogens (tertiary/aromatic N) is 1. The number of hydrogen-bond acceptors (Lipinski definition) is 2. The van der Waals surface area contributed by atoms with Crippen LogP contribution in [0.4, 0.5) is 8.78 Å². The predicted molar refractivity (Wildman–Crippen MR) is 42.2 cm³/mol. The molecule has 4 heteroatoms. The molecule has 0 aromatic heterocycles. The van der Waals surface area contributed by atoms with Crippen molar-refractivity contribution in [2.24, 2.45) is 0 Å². The van der Waals surface area contributed by atoms with Gasteiger partial charge in [0, 0.05) is 11.6 Å². The lowest BCUT2D eigenvalue weighted by atomic mass is 10.1. The Kier molecular flexibility index (Phi) is 2.80. The second kappa shape index (κ2) is 3.85. The van der Waals surface area contributed by atoms with E-state index < -0.39 is 11.6 Å². The fraction of sp³-hybridized carbons (Fsp3) is 0.222. The van der Waals surface area contributed by atoms with Crippen molar-refractivity contribution in [2.75, 3.05) is 7.11 Å². The Morgan fingerprint density at radius 3 is 2.54 bits per heavy atom. The molecule has 0 heterocycles. The molecule has 0 N–H and O–H groups in total. The highest BCUT2D eigenvalue weighted by molar-refractivity contribution is 5.36. The topological polar surface area (TPSA) is 33.0 Å². The molecule has 0 amide bonds. The van der Waals surface area contributed by atoms with E-state index in [2.05, 4.69) is 0 Å². The summed E-state index contributed by atoms with van der Waals surface area (Å²) >= 11 is 0. The summed E-state index contributed by atoms with van der Waals surface area (Å²) in [6.07, 6.45) is 0.000370. The van der Waals surface area contributed by atoms with E-state index in [9.17, 15) is 8.78 Å². The Labute approximate surface area is 74.4 Å². The van der Waals surface area contributed by atoms with Gasteiger partial charge in [-0.15, -0.1) is 0 Å². The Morgan fingerprint density at radius 2 is 2.00 bits per heavy atom. The van der Waals surface area contributed by atoms with Gasteiger partial charge in [-0.25, -0.2) is 8.78 Å². The molecule has 0 saturated carbocycles. The van der Waals surface area contributed by atoms with E-state index in [-0.39, 0.29) is 12.2 Å². The van der Waals surface area contributed by atoms with Crippen molar-refractivity contribution >= 4 is 0 Å². The van der Waals surface area contributed by atoms with Gasteiger partial charge in [-0.3, -0.25) is 0 Å². The monoisotopic (exact) mass is 183 g/mol. The predicted octanol–water partition coefficient (Wildman–Crippen LogP) is 2.04. The van der Waals surface area contributed by atoms with Crippen molar-refractivity contribution in [1.82, 2.24) is 0 Å². The van der Waals surface area contributed by atoms with Gasteiger partial charge in [0.2, 0.25) is 0 Å². The van der Waals surface area contributed by atoms with Crippen molar-refractivity contribution in [3.05, 3.63) is 29.3 Å². The number of ether oxygens (including phenoxy) is 1. The fourth-order valence-electron chi connectivity index (χ4n) is 0.983. The van der Waals surface area contributed by atoms with Gasteiger partial charge in [-0.2, -0.15) is 5.26 Å². The number of nitriles is 1. The zero-order chi connectivity index (χ0) is 9.84. The van der Waals surface area contributed by atoms with Crippen LogP contribution in [0.3, 0.4) is 0 Å². The first-order chi connectivity index (χ1) is 6.19. The van der Waals surface area contributed by atoms with Crippen LogP contribution in [0.2, 0.25) is 0 Å². The number of benzene rings is 1. The van der Waals surface area contributed by atoms with Gasteiger partial charge in [0.1, 0.15) is 5.75 Å². The van der Waals surface area contributed by atoms with E-state index in [1.807, 2.05) is 6.07 Å². The van der Waals surface area contributed by atoms with Gasteiger partial charge < -0.3 is 4.74 Å². The first-order valence-electron chi connectivity index (χ1n) is 3.58. The molecular formula is C9H7F2NO. The lowest BCUT2D eigenvalue weighted by Crippen LogP contribution is -1.95. The summed E-state index contributed by atoms with van der Waals surface area (Å²) in [4.78, 5) is 0. The molecule has 2 nitrogen and oxygen atoms in total. The lowest BCUT2D eigenvalue weighted by molar-refractivity contribution is 0.402. The maximum absolute atomic E-state index is 12.7. The third kappa shape index (κ3) is 1.94. The molecule has 0 fully saturated rings. The summed E-state index contributed by atoms with van der Waals surface area (Å²) in [7, 11) is 1.34. The highest BCUT2D eigenvalue weighted by Gasteiger charge is 2.09. The average Bonchev–Trinajstić information content (AvgIpc) is 2.11. The molecule has 0 saturated heterocycles. The average molecular weight is 183 g/mol. The van der Waals surface area contributed by atoms with Crippen LogP contribution in [0.5, 0.6) is 5.75 Å². The van der Waals surface area contributed by atoms with E-state index in [1.54, 1.807) is 0 Å². The summed E-state index contributed by atoms with van der Waals surface area (Å²) < 4.78 is 30.1. The molecule has 0 aliphatic rings. The Hall–Kier alpha value is -1.63. The third-order valence-electron chi connectivity index (χ3n) is 1.59. The molecule has 1 rings (SSSR count). The van der Waals surface area contributed by atoms with Crippen molar-refractivity contribution < 1.29 is 13.5 Å². The van der Waals surface area contributed by atoms with Crippen LogP contribution in [0.1, 0.15) is 5.56 Å². The summed E-state index contributed by atoms with van der Waals surface area (Å²) in [5, 5.41) is 8.38. The van der Waals surface area contributed by atoms with Crippen LogP contribution in [-0.2, 0) is 6.42 Å². The minimum absolute atomic E-state index is 0.000370. The van der Waals surface area contributed by atoms with E-state index in [1.165, 1.54) is 7.11 Å². The van der Waals surface area contributed by atoms with Crippen LogP contribution in [0, 0.1) is 23.0 Å². The molecule has 0 aliphatic carbocycles. The SMILES string of the molecule is COc1cc(F)c(F)cc1CC#N. The largest absolute Gasteiger partial charge is 0.496 e. The van der Waals surface area contributed by atoms with Crippen LogP contribution in [0.15, 0.2) is 12.1 Å². The van der Waals surface area contributed by atoms with Crippen molar-refractivity contribution in [2.45, 2.75) is 6.42 Å². The summed E-state index contributed by atoms with van der Waals surface area (Å²) in [5.74, 6) is -1.75. The molecule has 1 aromatic rings. The molecular weight excluding hydrogens is 176 g/mol. The van der Waals surface area contributed by atoms with Crippen molar-refractivity contribution in [3.63, 3.8) is 0 Å². The second-order valence-corrected chi connectivity index (χ2v) is 2.41. The minimum atomic E-state index is -0.974. The molecule has 13 heavy (non-hydrogen) atoms. The van der Waals surface area contributed by atoms with Crippen LogP contribution in [0.25, 0.3) is 0 Å². The maximum Gasteiger partial charge on any atom is 0.162 e. The Morgan fingerprint density at radius 1 is 1.38 bits per heavy atom. The van der Waals surface area contributed by atoms with E-state index in [0.29, 0.717) is 5.56 Å². The molecule has 68 valence electrons. The van der Waals surface area contributed by atoms with Gasteiger partial charge in [-0.1, -0.05) is 0 Å². The zero-order valence-corrected chi connectivity index (χ0v) is 6.97. The minimum Gasteiger partial charge on any atom is -0.496 e. The van der Waals surface area contributed by atoms with Gasteiger partial charge in [0.15, 0.2) is 11.6 Å². The van der Waals surface area contributed by atoms with Crippen molar-refractivity contribution in [1.29, 1.82) is 5.26 Å². The Balaban J connectivity index is 3.18. The maximum atomic E-state index is 12.7. The molecule has 0 aliphatic heterocycles. The number of halogens is 2. The van der Waals surface area contributed by atoms with Crippen LogP contribution in [-0.4, -0.2) is 7.11 Å². The van der Waals surface area contributed by atoms with Crippen LogP contribution < -0.4 is 4.74 Å². The number of rotatable bonds is 2. The highest BCUT2D eigenvalue weighted by Crippen LogP contribution is 2.22.